The van der Waals surface area contributed by atoms with E-state index in [1.54, 1.807) is 24.3 Å². The zero-order valence-electron chi connectivity index (χ0n) is 14.5. The molecule has 0 aliphatic heterocycles. The molecule has 2 N–H and O–H groups in total. The average Bonchev–Trinajstić information content (AvgIpc) is 2.61. The standard InChI is InChI=1S/C20H23ClN2O2/c1-3-14(2)22-20(25)17-6-4-5-7-18(17)23-19(24)13-10-15-8-11-16(21)12-9-15/h4-9,11-12,14H,3,10,13H2,1-2H3,(H,22,25)(H,23,24)/t14-/m0/s1. The molecule has 2 rings (SSSR count). The SMILES string of the molecule is CC[C@H](C)NC(=O)c1ccccc1NC(=O)CCc1ccc(Cl)cc1. The van der Waals surface area contributed by atoms with Crippen molar-refractivity contribution in [1.29, 1.82) is 0 Å². The van der Waals surface area contributed by atoms with E-state index in [9.17, 15) is 9.59 Å². The summed E-state index contributed by atoms with van der Waals surface area (Å²) in [6.07, 6.45) is 1.80. The molecule has 5 heteroatoms. The van der Waals surface area contributed by atoms with E-state index in [2.05, 4.69) is 10.6 Å². The van der Waals surface area contributed by atoms with Crippen LogP contribution >= 0.6 is 11.6 Å². The molecule has 0 saturated carbocycles. The van der Waals surface area contributed by atoms with Crippen LogP contribution in [0, 0.1) is 0 Å². The summed E-state index contributed by atoms with van der Waals surface area (Å²) in [5, 5.41) is 6.43. The number of carbonyl (C=O) groups excluding carboxylic acids is 2. The molecule has 132 valence electrons. The highest BCUT2D eigenvalue weighted by Gasteiger charge is 2.14. The van der Waals surface area contributed by atoms with E-state index < -0.39 is 0 Å². The maximum Gasteiger partial charge on any atom is 0.253 e. The molecule has 0 unspecified atom stereocenters. The molecule has 2 aromatic rings. The molecule has 0 radical (unpaired) electrons. The van der Waals surface area contributed by atoms with Crippen LogP contribution in [0.2, 0.25) is 5.02 Å². The number of aryl methyl sites for hydroxylation is 1. The van der Waals surface area contributed by atoms with Crippen LogP contribution < -0.4 is 10.6 Å². The molecule has 1 atom stereocenters. The lowest BCUT2D eigenvalue weighted by molar-refractivity contribution is -0.116. The Morgan fingerprint density at radius 3 is 2.44 bits per heavy atom. The number of carbonyl (C=O) groups is 2. The highest BCUT2D eigenvalue weighted by atomic mass is 35.5. The zero-order chi connectivity index (χ0) is 18.2. The van der Waals surface area contributed by atoms with Crippen LogP contribution in [-0.2, 0) is 11.2 Å². The number of rotatable bonds is 7. The van der Waals surface area contributed by atoms with Crippen molar-refractivity contribution in [3.05, 3.63) is 64.7 Å². The fraction of sp³-hybridized carbons (Fsp3) is 0.300. The van der Waals surface area contributed by atoms with Crippen LogP contribution in [0.4, 0.5) is 5.69 Å². The number of benzene rings is 2. The maximum atomic E-state index is 12.4. The zero-order valence-corrected chi connectivity index (χ0v) is 15.3. The Morgan fingerprint density at radius 2 is 1.76 bits per heavy atom. The number of amides is 2. The summed E-state index contributed by atoms with van der Waals surface area (Å²) in [6.45, 7) is 3.96. The largest absolute Gasteiger partial charge is 0.350 e. The smallest absolute Gasteiger partial charge is 0.253 e. The van der Waals surface area contributed by atoms with Crippen molar-refractivity contribution in [2.24, 2.45) is 0 Å². The molecule has 0 aromatic heterocycles. The van der Waals surface area contributed by atoms with Gasteiger partial charge in [0.2, 0.25) is 5.91 Å². The first-order chi connectivity index (χ1) is 12.0. The Hall–Kier alpha value is -2.33. The van der Waals surface area contributed by atoms with Gasteiger partial charge in [-0.05, 0) is 49.6 Å². The van der Waals surface area contributed by atoms with E-state index >= 15 is 0 Å². The maximum absolute atomic E-state index is 12.4. The Labute approximate surface area is 153 Å². The van der Waals surface area contributed by atoms with Crippen molar-refractivity contribution < 1.29 is 9.59 Å². The lowest BCUT2D eigenvalue weighted by atomic mass is 10.1. The third-order valence-electron chi connectivity index (χ3n) is 3.99. The molecule has 0 fully saturated rings. The van der Waals surface area contributed by atoms with Gasteiger partial charge in [0.1, 0.15) is 0 Å². The van der Waals surface area contributed by atoms with Gasteiger partial charge >= 0.3 is 0 Å². The first-order valence-electron chi connectivity index (χ1n) is 8.43. The fourth-order valence-corrected chi connectivity index (χ4v) is 2.44. The van der Waals surface area contributed by atoms with Gasteiger partial charge in [0.15, 0.2) is 0 Å². The number of hydrogen-bond acceptors (Lipinski definition) is 2. The highest BCUT2D eigenvalue weighted by molar-refractivity contribution is 6.30. The van der Waals surface area contributed by atoms with E-state index in [1.807, 2.05) is 38.1 Å². The summed E-state index contributed by atoms with van der Waals surface area (Å²) in [4.78, 5) is 24.6. The molecule has 2 aromatic carbocycles. The minimum Gasteiger partial charge on any atom is -0.350 e. The molecule has 0 heterocycles. The Bertz CT molecular complexity index is 729. The number of para-hydroxylation sites is 1. The number of halogens is 1. The highest BCUT2D eigenvalue weighted by Crippen LogP contribution is 2.16. The van der Waals surface area contributed by atoms with Gasteiger partial charge in [-0.3, -0.25) is 9.59 Å². The van der Waals surface area contributed by atoms with Gasteiger partial charge < -0.3 is 10.6 Å². The Morgan fingerprint density at radius 1 is 1.08 bits per heavy atom. The summed E-state index contributed by atoms with van der Waals surface area (Å²) in [5.41, 5.74) is 2.05. The second-order valence-electron chi connectivity index (χ2n) is 6.00. The van der Waals surface area contributed by atoms with Crippen LogP contribution in [0.15, 0.2) is 48.5 Å². The van der Waals surface area contributed by atoms with Crippen LogP contribution in [0.1, 0.15) is 42.6 Å². The summed E-state index contributed by atoms with van der Waals surface area (Å²) in [5.74, 6) is -0.304. The molecule has 0 bridgehead atoms. The molecule has 0 aliphatic carbocycles. The average molecular weight is 359 g/mol. The van der Waals surface area contributed by atoms with Crippen molar-refractivity contribution in [2.75, 3.05) is 5.32 Å². The van der Waals surface area contributed by atoms with E-state index in [0.29, 0.717) is 29.1 Å². The minimum absolute atomic E-state index is 0.0844. The van der Waals surface area contributed by atoms with Crippen LogP contribution in [0.5, 0.6) is 0 Å². The normalized spacial score (nSPS) is 11.6. The van der Waals surface area contributed by atoms with Gasteiger partial charge in [-0.15, -0.1) is 0 Å². The van der Waals surface area contributed by atoms with Gasteiger partial charge in [-0.1, -0.05) is 42.8 Å². The van der Waals surface area contributed by atoms with Gasteiger partial charge in [-0.25, -0.2) is 0 Å². The van der Waals surface area contributed by atoms with Crippen molar-refractivity contribution in [2.45, 2.75) is 39.2 Å². The predicted octanol–water partition coefficient (Wildman–Crippen LogP) is 4.44. The summed E-state index contributed by atoms with van der Waals surface area (Å²) < 4.78 is 0. The molecule has 0 spiro atoms. The van der Waals surface area contributed by atoms with Crippen LogP contribution in [0.25, 0.3) is 0 Å². The number of anilines is 1. The molecular weight excluding hydrogens is 336 g/mol. The first-order valence-corrected chi connectivity index (χ1v) is 8.81. The quantitative estimate of drug-likeness (QED) is 0.768. The predicted molar refractivity (Wildman–Crippen MR) is 102 cm³/mol. The molecule has 0 saturated heterocycles. The van der Waals surface area contributed by atoms with E-state index in [0.717, 1.165) is 12.0 Å². The Balaban J connectivity index is 1.98. The monoisotopic (exact) mass is 358 g/mol. The van der Waals surface area contributed by atoms with E-state index in [4.69, 9.17) is 11.6 Å². The van der Waals surface area contributed by atoms with Gasteiger partial charge in [0.25, 0.3) is 5.91 Å². The van der Waals surface area contributed by atoms with E-state index in [-0.39, 0.29) is 17.9 Å². The first kappa shape index (κ1) is 19.0. The lowest BCUT2D eigenvalue weighted by Gasteiger charge is -2.14. The van der Waals surface area contributed by atoms with Gasteiger partial charge in [0.05, 0.1) is 11.3 Å². The summed E-state index contributed by atoms with van der Waals surface area (Å²) >= 11 is 5.86. The minimum atomic E-state index is -0.178. The van der Waals surface area contributed by atoms with Crippen molar-refractivity contribution in [1.82, 2.24) is 5.32 Å². The lowest BCUT2D eigenvalue weighted by Crippen LogP contribution is -2.32. The molecular formula is C20H23ClN2O2. The molecule has 4 nitrogen and oxygen atoms in total. The second-order valence-corrected chi connectivity index (χ2v) is 6.44. The van der Waals surface area contributed by atoms with Gasteiger partial charge in [-0.2, -0.15) is 0 Å². The van der Waals surface area contributed by atoms with Crippen LogP contribution in [-0.4, -0.2) is 17.9 Å². The van der Waals surface area contributed by atoms with Gasteiger partial charge in [0, 0.05) is 17.5 Å². The van der Waals surface area contributed by atoms with E-state index in [1.165, 1.54) is 0 Å². The van der Waals surface area contributed by atoms with Crippen molar-refractivity contribution >= 4 is 29.1 Å². The summed E-state index contributed by atoms with van der Waals surface area (Å²) in [7, 11) is 0. The fourth-order valence-electron chi connectivity index (χ4n) is 2.32. The number of nitrogens with one attached hydrogen (secondary N) is 2. The van der Waals surface area contributed by atoms with Crippen molar-refractivity contribution in [3.63, 3.8) is 0 Å². The third kappa shape index (κ3) is 5.91. The summed E-state index contributed by atoms with van der Waals surface area (Å²) in [6, 6.07) is 14.6. The topological polar surface area (TPSA) is 58.2 Å². The van der Waals surface area contributed by atoms with Crippen LogP contribution in [0.3, 0.4) is 0 Å². The molecule has 2 amide bonds. The third-order valence-corrected chi connectivity index (χ3v) is 4.24. The number of hydrogen-bond donors (Lipinski definition) is 2. The second kappa shape index (κ2) is 9.23. The molecule has 0 aliphatic rings. The Kier molecular flexibility index (Phi) is 7.02. The van der Waals surface area contributed by atoms with Crippen molar-refractivity contribution in [3.8, 4) is 0 Å². The molecule has 25 heavy (non-hydrogen) atoms.